The van der Waals surface area contributed by atoms with Crippen LogP contribution in [-0.2, 0) is 26.2 Å². The highest BCUT2D eigenvalue weighted by Crippen LogP contribution is 2.32. The first-order chi connectivity index (χ1) is 18.6. The first kappa shape index (κ1) is 29.5. The molecule has 3 rings (SSSR count). The highest BCUT2D eigenvalue weighted by molar-refractivity contribution is 7.92. The molecule has 0 spiro atoms. The molecule has 0 fully saturated rings. The van der Waals surface area contributed by atoms with Gasteiger partial charge in [-0.3, -0.25) is 13.9 Å². The van der Waals surface area contributed by atoms with Crippen LogP contribution in [0.1, 0.15) is 25.0 Å². The molecule has 0 aromatic heterocycles. The fourth-order valence-electron chi connectivity index (χ4n) is 4.14. The second-order valence-electron chi connectivity index (χ2n) is 8.95. The van der Waals surface area contributed by atoms with Gasteiger partial charge in [0.1, 0.15) is 12.6 Å². The minimum Gasteiger partial charge on any atom is -0.493 e. The van der Waals surface area contributed by atoms with E-state index >= 15 is 0 Å². The lowest BCUT2D eigenvalue weighted by atomic mass is 10.1. The molecular weight excluding hydrogens is 518 g/mol. The van der Waals surface area contributed by atoms with Crippen molar-refractivity contribution in [3.05, 3.63) is 83.9 Å². The highest BCUT2D eigenvalue weighted by Gasteiger charge is 2.33. The van der Waals surface area contributed by atoms with Crippen molar-refractivity contribution in [2.75, 3.05) is 31.6 Å². The van der Waals surface area contributed by atoms with Crippen molar-refractivity contribution in [2.24, 2.45) is 0 Å². The summed E-state index contributed by atoms with van der Waals surface area (Å²) in [5.74, 6) is -0.238. The van der Waals surface area contributed by atoms with Gasteiger partial charge in [0, 0.05) is 19.2 Å². The van der Waals surface area contributed by atoms with E-state index in [2.05, 4.69) is 5.32 Å². The molecule has 0 bridgehead atoms. The Hall–Kier alpha value is -4.05. The van der Waals surface area contributed by atoms with E-state index in [-0.39, 0.29) is 23.1 Å². The van der Waals surface area contributed by atoms with E-state index < -0.39 is 28.5 Å². The van der Waals surface area contributed by atoms with Gasteiger partial charge in [-0.1, -0.05) is 48.0 Å². The summed E-state index contributed by atoms with van der Waals surface area (Å²) in [4.78, 5) is 28.0. The van der Waals surface area contributed by atoms with E-state index in [1.807, 2.05) is 31.2 Å². The number of hydrogen-bond donors (Lipinski definition) is 1. The number of hydrogen-bond acceptors (Lipinski definition) is 6. The number of sulfonamides is 1. The van der Waals surface area contributed by atoms with Crippen LogP contribution in [-0.4, -0.2) is 58.5 Å². The molecule has 0 aliphatic heterocycles. The summed E-state index contributed by atoms with van der Waals surface area (Å²) in [6.07, 6.45) is 0. The fourth-order valence-corrected chi connectivity index (χ4v) is 5.57. The minimum atomic E-state index is -4.23. The van der Waals surface area contributed by atoms with Gasteiger partial charge in [-0.2, -0.15) is 0 Å². The zero-order valence-corrected chi connectivity index (χ0v) is 23.7. The van der Waals surface area contributed by atoms with Gasteiger partial charge in [0.2, 0.25) is 11.8 Å². The maximum atomic E-state index is 13.9. The molecule has 3 aromatic carbocycles. The van der Waals surface area contributed by atoms with Crippen molar-refractivity contribution in [3.63, 3.8) is 0 Å². The lowest BCUT2D eigenvalue weighted by Crippen LogP contribution is -2.51. The number of carbonyl (C=O) groups excluding carboxylic acids is 2. The Kier molecular flexibility index (Phi) is 9.95. The van der Waals surface area contributed by atoms with Crippen LogP contribution in [0.3, 0.4) is 0 Å². The van der Waals surface area contributed by atoms with Crippen LogP contribution < -0.4 is 19.1 Å². The molecule has 0 unspecified atom stereocenters. The van der Waals surface area contributed by atoms with Crippen molar-refractivity contribution in [2.45, 2.75) is 38.3 Å². The highest BCUT2D eigenvalue weighted by atomic mass is 32.2. The Balaban J connectivity index is 2.04. The first-order valence-corrected chi connectivity index (χ1v) is 14.0. The van der Waals surface area contributed by atoms with Crippen LogP contribution in [0.25, 0.3) is 0 Å². The Morgan fingerprint density at radius 3 is 2.23 bits per heavy atom. The van der Waals surface area contributed by atoms with Crippen molar-refractivity contribution in [1.82, 2.24) is 10.2 Å². The topological polar surface area (TPSA) is 105 Å². The smallest absolute Gasteiger partial charge is 0.264 e. The minimum absolute atomic E-state index is 0.0705. The van der Waals surface area contributed by atoms with Gasteiger partial charge in [0.15, 0.2) is 11.5 Å². The summed E-state index contributed by atoms with van der Waals surface area (Å²) in [6, 6.07) is 19.4. The van der Waals surface area contributed by atoms with E-state index in [0.29, 0.717) is 18.0 Å². The zero-order valence-electron chi connectivity index (χ0n) is 22.9. The number of anilines is 1. The molecule has 0 saturated carbocycles. The van der Waals surface area contributed by atoms with Crippen LogP contribution >= 0.6 is 0 Å². The predicted molar refractivity (Wildman–Crippen MR) is 150 cm³/mol. The number of benzene rings is 3. The summed E-state index contributed by atoms with van der Waals surface area (Å²) in [5, 5.41) is 2.75. The maximum Gasteiger partial charge on any atom is 0.264 e. The molecule has 1 N–H and O–H groups in total. The van der Waals surface area contributed by atoms with E-state index in [4.69, 9.17) is 9.47 Å². The maximum absolute atomic E-state index is 13.9. The SMILES string of the molecule is CCNC(=O)[C@@H](C)N(Cc1cccc(C)c1)C(=O)CN(c1ccccc1)S(=O)(=O)c1ccc(OC)c(OC)c1. The van der Waals surface area contributed by atoms with Gasteiger partial charge >= 0.3 is 0 Å². The van der Waals surface area contributed by atoms with Crippen LogP contribution in [0.15, 0.2) is 77.7 Å². The van der Waals surface area contributed by atoms with Crippen LogP contribution in [0.4, 0.5) is 5.69 Å². The summed E-state index contributed by atoms with van der Waals surface area (Å²) in [5.41, 5.74) is 2.14. The molecule has 39 heavy (non-hydrogen) atoms. The van der Waals surface area contributed by atoms with Crippen LogP contribution in [0.2, 0.25) is 0 Å². The Labute approximate surface area is 230 Å². The quantitative estimate of drug-likeness (QED) is 0.366. The zero-order chi connectivity index (χ0) is 28.6. The molecule has 1 atom stereocenters. The van der Waals surface area contributed by atoms with Crippen molar-refractivity contribution in [3.8, 4) is 11.5 Å². The Bertz CT molecular complexity index is 1400. The molecule has 9 nitrogen and oxygen atoms in total. The lowest BCUT2D eigenvalue weighted by molar-refractivity contribution is -0.139. The van der Waals surface area contributed by atoms with Gasteiger partial charge in [0.25, 0.3) is 10.0 Å². The Morgan fingerprint density at radius 2 is 1.62 bits per heavy atom. The molecule has 0 saturated heterocycles. The van der Waals surface area contributed by atoms with Crippen LogP contribution in [0.5, 0.6) is 11.5 Å². The molecule has 10 heteroatoms. The van der Waals surface area contributed by atoms with Gasteiger partial charge in [-0.25, -0.2) is 8.42 Å². The Morgan fingerprint density at radius 1 is 0.923 bits per heavy atom. The van der Waals surface area contributed by atoms with Crippen molar-refractivity contribution in [1.29, 1.82) is 0 Å². The number of rotatable bonds is 12. The summed E-state index contributed by atoms with van der Waals surface area (Å²) >= 11 is 0. The van der Waals surface area contributed by atoms with Gasteiger partial charge in [-0.05, 0) is 50.6 Å². The third kappa shape index (κ3) is 7.08. The van der Waals surface area contributed by atoms with E-state index in [1.54, 1.807) is 44.2 Å². The van der Waals surface area contributed by atoms with Gasteiger partial charge in [-0.15, -0.1) is 0 Å². The second-order valence-corrected chi connectivity index (χ2v) is 10.8. The largest absolute Gasteiger partial charge is 0.493 e. The fraction of sp³-hybridized carbons (Fsp3) is 0.310. The molecular formula is C29H35N3O6S. The van der Waals surface area contributed by atoms with Crippen molar-refractivity contribution < 1.29 is 27.5 Å². The monoisotopic (exact) mass is 553 g/mol. The lowest BCUT2D eigenvalue weighted by Gasteiger charge is -2.32. The average Bonchev–Trinajstić information content (AvgIpc) is 2.94. The molecule has 0 heterocycles. The molecule has 0 aliphatic carbocycles. The van der Waals surface area contributed by atoms with E-state index in [1.165, 1.54) is 37.3 Å². The van der Waals surface area contributed by atoms with Gasteiger partial charge < -0.3 is 19.7 Å². The number of amides is 2. The van der Waals surface area contributed by atoms with Crippen molar-refractivity contribution >= 4 is 27.5 Å². The number of nitrogens with one attached hydrogen (secondary N) is 1. The standard InChI is InChI=1S/C29H35N3O6S/c1-6-30-29(34)22(3)31(19-23-12-10-11-21(2)17-23)28(33)20-32(24-13-8-7-9-14-24)39(35,36)25-15-16-26(37-4)27(18-25)38-5/h7-18,22H,6,19-20H2,1-5H3,(H,30,34)/t22-/m1/s1. The number of aryl methyl sites for hydroxylation is 1. The number of methoxy groups -OCH3 is 2. The third-order valence-electron chi connectivity index (χ3n) is 6.22. The number of nitrogens with zero attached hydrogens (tertiary/aromatic N) is 2. The normalized spacial score (nSPS) is 11.8. The number of carbonyl (C=O) groups is 2. The van der Waals surface area contributed by atoms with Gasteiger partial charge in [0.05, 0.1) is 24.8 Å². The summed E-state index contributed by atoms with van der Waals surface area (Å²) < 4.78 is 39.5. The van der Waals surface area contributed by atoms with E-state index in [9.17, 15) is 18.0 Å². The molecule has 2 amide bonds. The molecule has 0 aliphatic rings. The summed E-state index contributed by atoms with van der Waals surface area (Å²) in [6.45, 7) is 5.39. The average molecular weight is 554 g/mol. The number of para-hydroxylation sites is 1. The molecule has 208 valence electrons. The van der Waals surface area contributed by atoms with Crippen LogP contribution in [0, 0.1) is 6.92 Å². The third-order valence-corrected chi connectivity index (χ3v) is 7.99. The molecule has 3 aromatic rings. The number of ether oxygens (including phenoxy) is 2. The summed E-state index contributed by atoms with van der Waals surface area (Å²) in [7, 11) is -1.35. The van der Waals surface area contributed by atoms with E-state index in [0.717, 1.165) is 15.4 Å². The molecule has 0 radical (unpaired) electrons. The first-order valence-electron chi connectivity index (χ1n) is 12.5. The second kappa shape index (κ2) is 13.1. The predicted octanol–water partition coefficient (Wildman–Crippen LogP) is 3.76. The number of likely N-dealkylation sites (N-methyl/N-ethyl adjacent to an activating group) is 1.